The van der Waals surface area contributed by atoms with Gasteiger partial charge in [0.15, 0.2) is 0 Å². The van der Waals surface area contributed by atoms with Crippen LogP contribution in [0.4, 0.5) is 11.4 Å². The number of quaternary nitrogens is 1. The van der Waals surface area contributed by atoms with E-state index >= 15 is 0 Å². The maximum atomic E-state index is 8.49. The van der Waals surface area contributed by atoms with Gasteiger partial charge in [0, 0.05) is 6.42 Å². The molecule has 6 heteroatoms. The summed E-state index contributed by atoms with van der Waals surface area (Å²) in [5.41, 5.74) is 2.68. The standard InChI is InChI=1S/C16H16N.ClHO4/c1-3-9-15(10-4-1)17(13-7-8-14-17)16-11-5-2-6-12-16;2-1(3,4)5/h1-7,9-13H,8,14H2;(H,2,3,4,5)/q+1;/p-1. The second-order valence-corrected chi connectivity index (χ2v) is 5.57. The van der Waals surface area contributed by atoms with Crippen LogP contribution in [0.1, 0.15) is 6.42 Å². The van der Waals surface area contributed by atoms with E-state index < -0.39 is 10.2 Å². The second-order valence-electron chi connectivity index (χ2n) is 4.81. The summed E-state index contributed by atoms with van der Waals surface area (Å²) >= 11 is 0. The Morgan fingerprint density at radius 2 is 1.14 bits per heavy atom. The first kappa shape index (κ1) is 16.6. The molecule has 0 saturated carbocycles. The maximum Gasteiger partial charge on any atom is 0.142 e. The lowest BCUT2D eigenvalue weighted by Crippen LogP contribution is -2.68. The van der Waals surface area contributed by atoms with Crippen LogP contribution in [0.15, 0.2) is 72.9 Å². The smallest absolute Gasteiger partial charge is 0.142 e. The molecule has 0 amide bonds. The summed E-state index contributed by atoms with van der Waals surface area (Å²) in [5.74, 6) is 0. The lowest BCUT2D eigenvalue weighted by atomic mass is 10.2. The number of benzene rings is 2. The highest BCUT2D eigenvalue weighted by atomic mass is 35.7. The van der Waals surface area contributed by atoms with Crippen LogP contribution in [-0.2, 0) is 0 Å². The third-order valence-corrected chi connectivity index (χ3v) is 3.44. The van der Waals surface area contributed by atoms with Crippen molar-refractivity contribution in [3.8, 4) is 0 Å². The number of hydrogen-bond donors (Lipinski definition) is 0. The third-order valence-electron chi connectivity index (χ3n) is 3.44. The Hall–Kier alpha value is -1.73. The summed E-state index contributed by atoms with van der Waals surface area (Å²) in [6.07, 6.45) is 5.73. The van der Waals surface area contributed by atoms with E-state index in [4.69, 9.17) is 18.6 Å². The van der Waals surface area contributed by atoms with Gasteiger partial charge in [-0.05, 0) is 30.3 Å². The zero-order valence-corrected chi connectivity index (χ0v) is 12.6. The Bertz CT molecular complexity index is 566. The van der Waals surface area contributed by atoms with Crippen LogP contribution < -0.4 is 23.1 Å². The van der Waals surface area contributed by atoms with Crippen molar-refractivity contribution in [2.45, 2.75) is 6.42 Å². The minimum atomic E-state index is -4.94. The molecular formula is C16H16ClNO4. The molecule has 1 heterocycles. The molecule has 0 saturated heterocycles. The van der Waals surface area contributed by atoms with Gasteiger partial charge in [0.1, 0.15) is 17.6 Å². The summed E-state index contributed by atoms with van der Waals surface area (Å²) in [6.45, 7) is 1.12. The first-order chi connectivity index (χ1) is 10.4. The van der Waals surface area contributed by atoms with Crippen molar-refractivity contribution in [1.29, 1.82) is 0 Å². The molecule has 0 aromatic heterocycles. The van der Waals surface area contributed by atoms with Gasteiger partial charge in [-0.15, -0.1) is 10.2 Å². The maximum absolute atomic E-state index is 8.49. The quantitative estimate of drug-likeness (QED) is 0.696. The average molecular weight is 322 g/mol. The van der Waals surface area contributed by atoms with E-state index in [1.165, 1.54) is 11.4 Å². The normalized spacial score (nSPS) is 16.0. The van der Waals surface area contributed by atoms with Crippen LogP contribution in [0, 0.1) is 10.2 Å². The Morgan fingerprint density at radius 3 is 1.45 bits per heavy atom. The monoisotopic (exact) mass is 321 g/mol. The summed E-state index contributed by atoms with van der Waals surface area (Å²) in [6, 6.07) is 21.5. The van der Waals surface area contributed by atoms with Gasteiger partial charge in [-0.2, -0.15) is 0 Å². The predicted octanol–water partition coefficient (Wildman–Crippen LogP) is -0.513. The van der Waals surface area contributed by atoms with Crippen molar-refractivity contribution >= 4 is 11.4 Å². The Balaban J connectivity index is 0.000000309. The highest BCUT2D eigenvalue weighted by Gasteiger charge is 2.33. The highest BCUT2D eigenvalue weighted by Crippen LogP contribution is 2.37. The Kier molecular flexibility index (Phi) is 5.31. The fourth-order valence-electron chi connectivity index (χ4n) is 2.57. The molecule has 2 aromatic carbocycles. The summed E-state index contributed by atoms with van der Waals surface area (Å²) in [4.78, 5) is 0. The number of para-hydroxylation sites is 2. The zero-order chi connectivity index (χ0) is 16.1. The molecule has 0 bridgehead atoms. The first-order valence-electron chi connectivity index (χ1n) is 6.70. The van der Waals surface area contributed by atoms with Crippen molar-refractivity contribution in [3.63, 3.8) is 0 Å². The molecule has 0 spiro atoms. The molecule has 0 N–H and O–H groups in total. The lowest BCUT2D eigenvalue weighted by molar-refractivity contribution is -2.00. The number of nitrogens with zero attached hydrogens (tertiary/aromatic N) is 1. The first-order valence-corrected chi connectivity index (χ1v) is 7.94. The van der Waals surface area contributed by atoms with E-state index in [1.807, 2.05) is 0 Å². The summed E-state index contributed by atoms with van der Waals surface area (Å²) in [7, 11) is -4.94. The van der Waals surface area contributed by atoms with E-state index in [0.717, 1.165) is 17.4 Å². The van der Waals surface area contributed by atoms with Gasteiger partial charge in [-0.1, -0.05) is 36.4 Å². The second kappa shape index (κ2) is 7.02. The zero-order valence-electron chi connectivity index (χ0n) is 11.8. The van der Waals surface area contributed by atoms with Gasteiger partial charge in [-0.3, -0.25) is 0 Å². The molecular weight excluding hydrogens is 306 g/mol. The van der Waals surface area contributed by atoms with Gasteiger partial charge in [-0.25, -0.2) is 23.1 Å². The molecule has 0 radical (unpaired) electrons. The van der Waals surface area contributed by atoms with Gasteiger partial charge in [0.05, 0.1) is 6.54 Å². The number of hydrogen-bond acceptors (Lipinski definition) is 4. The van der Waals surface area contributed by atoms with Crippen molar-refractivity contribution < 1.29 is 28.9 Å². The average Bonchev–Trinajstić information content (AvgIpc) is 2.98. The van der Waals surface area contributed by atoms with Crippen LogP contribution in [-0.4, -0.2) is 6.54 Å². The minimum absolute atomic E-state index is 0.849. The topological polar surface area (TPSA) is 92.2 Å². The predicted molar refractivity (Wildman–Crippen MR) is 73.0 cm³/mol. The molecule has 2 aromatic rings. The molecule has 22 heavy (non-hydrogen) atoms. The third kappa shape index (κ3) is 4.38. The molecule has 0 aliphatic carbocycles. The number of rotatable bonds is 2. The van der Waals surface area contributed by atoms with E-state index in [9.17, 15) is 0 Å². The molecule has 1 aliphatic heterocycles. The van der Waals surface area contributed by atoms with Crippen molar-refractivity contribution in [3.05, 3.63) is 72.9 Å². The van der Waals surface area contributed by atoms with Crippen molar-refractivity contribution in [1.82, 2.24) is 4.48 Å². The van der Waals surface area contributed by atoms with Crippen LogP contribution in [0.5, 0.6) is 0 Å². The molecule has 116 valence electrons. The fraction of sp³-hybridized carbons (Fsp3) is 0.125. The largest absolute Gasteiger partial charge is 0.233 e. The molecule has 1 aliphatic rings. The summed E-state index contributed by atoms with van der Waals surface area (Å²) < 4.78 is 34.8. The molecule has 0 unspecified atom stereocenters. The van der Waals surface area contributed by atoms with Crippen LogP contribution in [0.25, 0.3) is 0 Å². The van der Waals surface area contributed by atoms with E-state index in [0.29, 0.717) is 0 Å². The van der Waals surface area contributed by atoms with E-state index in [2.05, 4.69) is 72.9 Å². The van der Waals surface area contributed by atoms with E-state index in [-0.39, 0.29) is 0 Å². The van der Waals surface area contributed by atoms with Gasteiger partial charge in [0.2, 0.25) is 0 Å². The molecule has 0 fully saturated rings. The fourth-order valence-corrected chi connectivity index (χ4v) is 2.57. The van der Waals surface area contributed by atoms with Crippen LogP contribution in [0.2, 0.25) is 0 Å². The Labute approximate surface area is 131 Å². The van der Waals surface area contributed by atoms with Crippen molar-refractivity contribution in [2.75, 3.05) is 6.54 Å². The van der Waals surface area contributed by atoms with E-state index in [1.54, 1.807) is 0 Å². The van der Waals surface area contributed by atoms with Crippen LogP contribution >= 0.6 is 0 Å². The van der Waals surface area contributed by atoms with Crippen molar-refractivity contribution in [2.24, 2.45) is 0 Å². The SMILES string of the molecule is C1=C[N+](c2ccccc2)(c2ccccc2)CC1.[O-][Cl+3]([O-])([O-])[O-]. The number of halogens is 1. The molecule has 0 atom stereocenters. The van der Waals surface area contributed by atoms with Gasteiger partial charge < -0.3 is 0 Å². The van der Waals surface area contributed by atoms with Gasteiger partial charge in [0.25, 0.3) is 0 Å². The molecule has 5 nitrogen and oxygen atoms in total. The highest BCUT2D eigenvalue weighted by molar-refractivity contribution is 5.61. The lowest BCUT2D eigenvalue weighted by Gasteiger charge is -2.30. The summed E-state index contributed by atoms with van der Waals surface area (Å²) in [5, 5.41) is 0. The molecule has 3 rings (SSSR count). The van der Waals surface area contributed by atoms with Gasteiger partial charge >= 0.3 is 0 Å². The Morgan fingerprint density at radius 1 is 0.727 bits per heavy atom. The van der Waals surface area contributed by atoms with Crippen LogP contribution in [0.3, 0.4) is 0 Å². The minimum Gasteiger partial charge on any atom is -0.233 e.